The predicted octanol–water partition coefficient (Wildman–Crippen LogP) is 3.48. The Hall–Kier alpha value is -2.53. The minimum Gasteiger partial charge on any atom is -0.338 e. The van der Waals surface area contributed by atoms with Crippen molar-refractivity contribution >= 4 is 0 Å². The zero-order chi connectivity index (χ0) is 14.8. The summed E-state index contributed by atoms with van der Waals surface area (Å²) in [7, 11) is 0. The molecule has 0 aliphatic heterocycles. The number of benzene rings is 2. The van der Waals surface area contributed by atoms with Crippen LogP contribution in [0.25, 0.3) is 22.6 Å². The van der Waals surface area contributed by atoms with Crippen LogP contribution in [0.5, 0.6) is 0 Å². The Labute approximate surface area is 120 Å². The van der Waals surface area contributed by atoms with Gasteiger partial charge in [0.25, 0.3) is 0 Å². The molecule has 0 saturated heterocycles. The third kappa shape index (κ3) is 2.68. The number of hydrogen-bond donors (Lipinski definition) is 2. The molecule has 3 rings (SSSR count). The number of hydrogen-bond acceptors (Lipinski definition) is 2. The van der Waals surface area contributed by atoms with Crippen molar-refractivity contribution in [3.63, 3.8) is 0 Å². The zero-order valence-electron chi connectivity index (χ0n) is 11.1. The van der Waals surface area contributed by atoms with Crippen molar-refractivity contribution in [3.8, 4) is 22.6 Å². The van der Waals surface area contributed by atoms with Gasteiger partial charge in [0, 0.05) is 17.7 Å². The highest BCUT2D eigenvalue weighted by Crippen LogP contribution is 2.24. The molecule has 3 N–H and O–H groups in total. The van der Waals surface area contributed by atoms with E-state index in [2.05, 4.69) is 9.97 Å². The minimum atomic E-state index is -0.881. The van der Waals surface area contributed by atoms with Crippen LogP contribution in [0, 0.1) is 11.6 Å². The smallest absolute Gasteiger partial charge is 0.159 e. The number of rotatable bonds is 3. The Morgan fingerprint density at radius 1 is 1.00 bits per heavy atom. The monoisotopic (exact) mass is 285 g/mol. The van der Waals surface area contributed by atoms with Crippen LogP contribution in [-0.2, 0) is 6.54 Å². The molecule has 106 valence electrons. The molecule has 3 nitrogen and oxygen atoms in total. The third-order valence-corrected chi connectivity index (χ3v) is 3.24. The predicted molar refractivity (Wildman–Crippen MR) is 77.3 cm³/mol. The lowest BCUT2D eigenvalue weighted by Gasteiger charge is -2.01. The molecule has 5 heteroatoms. The van der Waals surface area contributed by atoms with Crippen molar-refractivity contribution in [3.05, 3.63) is 65.9 Å². The second-order valence-corrected chi connectivity index (χ2v) is 4.68. The van der Waals surface area contributed by atoms with E-state index >= 15 is 0 Å². The van der Waals surface area contributed by atoms with E-state index in [9.17, 15) is 8.78 Å². The molecule has 0 bridgehead atoms. The van der Waals surface area contributed by atoms with Crippen molar-refractivity contribution < 1.29 is 8.78 Å². The van der Waals surface area contributed by atoms with Crippen LogP contribution >= 0.6 is 0 Å². The molecule has 1 heterocycles. The lowest BCUT2D eigenvalue weighted by molar-refractivity contribution is 0.509. The molecule has 0 spiro atoms. The Kier molecular flexibility index (Phi) is 3.50. The molecule has 0 saturated carbocycles. The molecular weight excluding hydrogens is 272 g/mol. The number of nitrogens with two attached hydrogens (primary N) is 1. The first-order valence-electron chi connectivity index (χ1n) is 6.47. The van der Waals surface area contributed by atoms with Gasteiger partial charge in [-0.2, -0.15) is 0 Å². The summed E-state index contributed by atoms with van der Waals surface area (Å²) >= 11 is 0. The summed E-state index contributed by atoms with van der Waals surface area (Å²) in [6.07, 6.45) is 1.59. The topological polar surface area (TPSA) is 54.7 Å². The second kappa shape index (κ2) is 5.46. The van der Waals surface area contributed by atoms with Gasteiger partial charge in [0.2, 0.25) is 0 Å². The summed E-state index contributed by atoms with van der Waals surface area (Å²) in [5.74, 6) is -1.09. The fraction of sp³-hybridized carbons (Fsp3) is 0.0625. The fourth-order valence-electron chi connectivity index (χ4n) is 2.12. The Morgan fingerprint density at radius 2 is 1.86 bits per heavy atom. The molecule has 0 atom stereocenters. The number of nitrogens with zero attached hydrogens (tertiary/aromatic N) is 1. The van der Waals surface area contributed by atoms with Crippen molar-refractivity contribution in [2.45, 2.75) is 6.54 Å². The molecular formula is C16H13F2N3. The van der Waals surface area contributed by atoms with Gasteiger partial charge in [-0.3, -0.25) is 0 Å². The minimum absolute atomic E-state index is 0.449. The summed E-state index contributed by atoms with van der Waals surface area (Å²) in [5.41, 5.74) is 8.68. The van der Waals surface area contributed by atoms with Gasteiger partial charge in [-0.15, -0.1) is 0 Å². The molecule has 21 heavy (non-hydrogen) atoms. The second-order valence-electron chi connectivity index (χ2n) is 4.68. The van der Waals surface area contributed by atoms with Crippen LogP contribution in [0.15, 0.2) is 48.7 Å². The summed E-state index contributed by atoms with van der Waals surface area (Å²) in [4.78, 5) is 7.38. The van der Waals surface area contributed by atoms with E-state index in [0.29, 0.717) is 23.6 Å². The Balaban J connectivity index is 1.97. The maximum Gasteiger partial charge on any atom is 0.159 e. The van der Waals surface area contributed by atoms with Crippen LogP contribution in [0.3, 0.4) is 0 Å². The van der Waals surface area contributed by atoms with Gasteiger partial charge in [-0.25, -0.2) is 13.8 Å². The van der Waals surface area contributed by atoms with Gasteiger partial charge in [-0.1, -0.05) is 18.2 Å². The molecule has 0 aliphatic carbocycles. The van der Waals surface area contributed by atoms with E-state index in [1.165, 1.54) is 6.07 Å². The number of nitrogens with one attached hydrogen (secondary N) is 1. The summed E-state index contributed by atoms with van der Waals surface area (Å²) < 4.78 is 26.2. The van der Waals surface area contributed by atoms with Crippen LogP contribution in [-0.4, -0.2) is 9.97 Å². The first kappa shape index (κ1) is 13.5. The van der Waals surface area contributed by atoms with E-state index in [4.69, 9.17) is 5.73 Å². The zero-order valence-corrected chi connectivity index (χ0v) is 11.1. The largest absolute Gasteiger partial charge is 0.338 e. The molecule has 3 aromatic rings. The Morgan fingerprint density at radius 3 is 2.62 bits per heavy atom. The Bertz CT molecular complexity index is 781. The first-order chi connectivity index (χ1) is 10.2. The molecule has 0 amide bonds. The number of aromatic nitrogens is 2. The third-order valence-electron chi connectivity index (χ3n) is 3.24. The SMILES string of the molecule is NCc1cccc(-c2ncc(-c3ccc(F)c(F)c3)[nH]2)c1. The summed E-state index contributed by atoms with van der Waals surface area (Å²) in [6.45, 7) is 0.449. The highest BCUT2D eigenvalue weighted by molar-refractivity contribution is 5.64. The summed E-state index contributed by atoms with van der Waals surface area (Å²) in [6, 6.07) is 11.4. The lowest BCUT2D eigenvalue weighted by atomic mass is 10.1. The van der Waals surface area contributed by atoms with Crippen LogP contribution < -0.4 is 5.73 Å². The average Bonchev–Trinajstić information content (AvgIpc) is 3.00. The molecule has 2 aromatic carbocycles. The molecule has 0 radical (unpaired) electrons. The fourth-order valence-corrected chi connectivity index (χ4v) is 2.12. The molecule has 0 unspecified atom stereocenters. The highest BCUT2D eigenvalue weighted by atomic mass is 19.2. The van der Waals surface area contributed by atoms with Gasteiger partial charge in [0.05, 0.1) is 11.9 Å². The van der Waals surface area contributed by atoms with Crippen molar-refractivity contribution in [1.82, 2.24) is 9.97 Å². The van der Waals surface area contributed by atoms with Crippen LogP contribution in [0.2, 0.25) is 0 Å². The van der Waals surface area contributed by atoms with Crippen LogP contribution in [0.4, 0.5) is 8.78 Å². The number of aromatic amines is 1. The highest BCUT2D eigenvalue weighted by Gasteiger charge is 2.08. The average molecular weight is 285 g/mol. The maximum absolute atomic E-state index is 13.3. The molecule has 1 aromatic heterocycles. The molecule has 0 aliphatic rings. The van der Waals surface area contributed by atoms with Gasteiger partial charge in [0.1, 0.15) is 5.82 Å². The van der Waals surface area contributed by atoms with Crippen LogP contribution in [0.1, 0.15) is 5.56 Å². The maximum atomic E-state index is 13.3. The number of H-pyrrole nitrogens is 1. The quantitative estimate of drug-likeness (QED) is 0.774. The first-order valence-corrected chi connectivity index (χ1v) is 6.47. The van der Waals surface area contributed by atoms with E-state index in [0.717, 1.165) is 23.3 Å². The number of imidazole rings is 1. The van der Waals surface area contributed by atoms with Crippen molar-refractivity contribution in [1.29, 1.82) is 0 Å². The van der Waals surface area contributed by atoms with E-state index in [-0.39, 0.29) is 0 Å². The standard InChI is InChI=1S/C16H13F2N3/c17-13-5-4-11(7-14(13)18)15-9-20-16(21-15)12-3-1-2-10(6-12)8-19/h1-7,9H,8,19H2,(H,20,21). The van der Waals surface area contributed by atoms with Gasteiger partial charge >= 0.3 is 0 Å². The van der Waals surface area contributed by atoms with E-state index in [1.807, 2.05) is 24.3 Å². The number of halogens is 2. The molecule has 0 fully saturated rings. The van der Waals surface area contributed by atoms with Gasteiger partial charge in [0.15, 0.2) is 11.6 Å². The lowest BCUT2D eigenvalue weighted by Crippen LogP contribution is -1.96. The normalized spacial score (nSPS) is 10.8. The summed E-state index contributed by atoms with van der Waals surface area (Å²) in [5, 5.41) is 0. The van der Waals surface area contributed by atoms with E-state index in [1.54, 1.807) is 6.20 Å². The van der Waals surface area contributed by atoms with Crippen molar-refractivity contribution in [2.75, 3.05) is 0 Å². The van der Waals surface area contributed by atoms with Crippen molar-refractivity contribution in [2.24, 2.45) is 5.73 Å². The van der Waals surface area contributed by atoms with Gasteiger partial charge < -0.3 is 10.7 Å². The van der Waals surface area contributed by atoms with E-state index < -0.39 is 11.6 Å². The van der Waals surface area contributed by atoms with Gasteiger partial charge in [-0.05, 0) is 29.8 Å².